The molecule has 3 aromatic rings. The van der Waals surface area contributed by atoms with Crippen LogP contribution in [0.3, 0.4) is 0 Å². The summed E-state index contributed by atoms with van der Waals surface area (Å²) in [5.41, 5.74) is 2.93. The van der Waals surface area contributed by atoms with Crippen molar-refractivity contribution < 1.29 is 18.7 Å². The maximum Gasteiger partial charge on any atom is 0.341 e. The van der Waals surface area contributed by atoms with E-state index in [1.165, 1.54) is 10.8 Å². The Bertz CT molecular complexity index is 1270. The van der Waals surface area contributed by atoms with E-state index in [2.05, 4.69) is 5.32 Å². The molecule has 5 nitrogen and oxygen atoms in total. The van der Waals surface area contributed by atoms with Gasteiger partial charge in [-0.05, 0) is 41.3 Å². The van der Waals surface area contributed by atoms with Crippen LogP contribution in [0.2, 0.25) is 0 Å². The highest BCUT2D eigenvalue weighted by molar-refractivity contribution is 5.96. The largest absolute Gasteiger partial charge is 0.477 e. The Morgan fingerprint density at radius 3 is 2.66 bits per heavy atom. The van der Waals surface area contributed by atoms with Crippen LogP contribution in [0, 0.1) is 12.7 Å². The Kier molecular flexibility index (Phi) is 3.86. The van der Waals surface area contributed by atoms with E-state index in [1.54, 1.807) is 6.92 Å². The third kappa shape index (κ3) is 2.68. The molecule has 0 saturated heterocycles. The van der Waals surface area contributed by atoms with E-state index < -0.39 is 35.0 Å². The number of hydrogen-bond acceptors (Lipinski definition) is 3. The van der Waals surface area contributed by atoms with Gasteiger partial charge in [-0.3, -0.25) is 4.79 Å². The van der Waals surface area contributed by atoms with E-state index in [9.17, 15) is 19.1 Å². The van der Waals surface area contributed by atoms with Crippen molar-refractivity contribution in [3.05, 3.63) is 68.8 Å². The van der Waals surface area contributed by atoms with Crippen molar-refractivity contribution in [1.82, 2.24) is 9.88 Å². The molecular weight excluding hydrogens is 378 g/mol. The lowest BCUT2D eigenvalue weighted by molar-refractivity contribution is 0.0694. The maximum absolute atomic E-state index is 15.2. The number of alkyl halides is 1. The number of rotatable bonds is 3. The number of aromatic nitrogens is 1. The molecule has 1 aliphatic carbocycles. The lowest BCUT2D eigenvalue weighted by atomic mass is 9.94. The van der Waals surface area contributed by atoms with Crippen molar-refractivity contribution in [1.29, 1.82) is 0 Å². The van der Waals surface area contributed by atoms with E-state index in [1.807, 2.05) is 18.2 Å². The van der Waals surface area contributed by atoms with Crippen LogP contribution in [-0.2, 0) is 13.1 Å². The van der Waals surface area contributed by atoms with Crippen LogP contribution >= 0.6 is 0 Å². The molecule has 2 N–H and O–H groups in total. The normalized spacial score (nSPS) is 20.1. The average Bonchev–Trinajstić information content (AvgIpc) is 3.21. The molecule has 2 aromatic carbocycles. The first-order valence-electron chi connectivity index (χ1n) is 9.45. The summed E-state index contributed by atoms with van der Waals surface area (Å²) in [6.45, 7) is 3.17. The van der Waals surface area contributed by atoms with Gasteiger partial charge in [-0.1, -0.05) is 12.1 Å². The summed E-state index contributed by atoms with van der Waals surface area (Å²) in [6, 6.07) is 6.26. The topological polar surface area (TPSA) is 71.3 Å². The van der Waals surface area contributed by atoms with Gasteiger partial charge in [0.1, 0.15) is 17.6 Å². The zero-order valence-electron chi connectivity index (χ0n) is 15.6. The number of nitrogens with one attached hydrogen (secondary N) is 1. The second-order valence-electron chi connectivity index (χ2n) is 7.74. The zero-order chi connectivity index (χ0) is 20.4. The van der Waals surface area contributed by atoms with Gasteiger partial charge in [0.05, 0.1) is 11.6 Å². The summed E-state index contributed by atoms with van der Waals surface area (Å²) < 4.78 is 30.5. The van der Waals surface area contributed by atoms with E-state index in [-0.39, 0.29) is 11.8 Å². The molecule has 148 valence electrons. The van der Waals surface area contributed by atoms with Crippen LogP contribution in [0.15, 0.2) is 35.3 Å². The summed E-state index contributed by atoms with van der Waals surface area (Å²) in [5, 5.41) is 12.6. The Morgan fingerprint density at radius 2 is 1.97 bits per heavy atom. The summed E-state index contributed by atoms with van der Waals surface area (Å²) in [4.78, 5) is 24.2. The van der Waals surface area contributed by atoms with Gasteiger partial charge >= 0.3 is 5.97 Å². The average molecular weight is 396 g/mol. The van der Waals surface area contributed by atoms with Crippen LogP contribution < -0.4 is 10.7 Å². The summed E-state index contributed by atoms with van der Waals surface area (Å²) in [5.74, 6) is -2.00. The SMILES string of the molecule is Cc1c(-c2ccc3c(c2)CNC3)c(F)cc2c(=O)c(C(=O)O)cn(C3CC3F)c12. The molecule has 1 aromatic heterocycles. The third-order valence-corrected chi connectivity index (χ3v) is 5.91. The molecule has 1 aliphatic heterocycles. The van der Waals surface area contributed by atoms with Gasteiger partial charge in [-0.25, -0.2) is 13.6 Å². The molecule has 1 fully saturated rings. The molecule has 5 rings (SSSR count). The molecule has 0 bridgehead atoms. The number of aryl methyl sites for hydroxylation is 1. The van der Waals surface area contributed by atoms with E-state index in [0.717, 1.165) is 23.7 Å². The number of nitrogens with zero attached hydrogens (tertiary/aromatic N) is 1. The van der Waals surface area contributed by atoms with Crippen LogP contribution in [0.5, 0.6) is 0 Å². The molecule has 2 atom stereocenters. The Balaban J connectivity index is 1.83. The molecule has 0 radical (unpaired) electrons. The molecule has 0 amide bonds. The predicted octanol–water partition coefficient (Wildman–Crippen LogP) is 3.70. The van der Waals surface area contributed by atoms with E-state index in [0.29, 0.717) is 28.8 Å². The predicted molar refractivity (Wildman–Crippen MR) is 104 cm³/mol. The van der Waals surface area contributed by atoms with Crippen molar-refractivity contribution in [2.75, 3.05) is 0 Å². The van der Waals surface area contributed by atoms with Crippen LogP contribution in [0.1, 0.15) is 39.5 Å². The molecule has 1 saturated carbocycles. The summed E-state index contributed by atoms with van der Waals surface area (Å²) >= 11 is 0. The molecule has 0 spiro atoms. The van der Waals surface area contributed by atoms with Gasteiger partial charge in [0, 0.05) is 36.7 Å². The number of halogens is 2. The number of carboxylic acid groups (broad SMARTS) is 1. The number of carbonyl (C=O) groups is 1. The minimum atomic E-state index is -1.41. The Hall–Kier alpha value is -3.06. The first-order valence-corrected chi connectivity index (χ1v) is 9.45. The van der Waals surface area contributed by atoms with Gasteiger partial charge < -0.3 is 15.0 Å². The third-order valence-electron chi connectivity index (χ3n) is 5.91. The number of fused-ring (bicyclic) bond motifs is 2. The molecule has 2 unspecified atom stereocenters. The number of carboxylic acids is 1. The summed E-state index contributed by atoms with van der Waals surface area (Å²) in [6.07, 6.45) is 0.327. The van der Waals surface area contributed by atoms with Crippen LogP contribution in [0.25, 0.3) is 22.0 Å². The minimum absolute atomic E-state index is 0.0365. The fraction of sp³-hybridized carbons (Fsp3) is 0.273. The lowest BCUT2D eigenvalue weighted by Crippen LogP contribution is -2.20. The number of pyridine rings is 1. The smallest absolute Gasteiger partial charge is 0.341 e. The first-order chi connectivity index (χ1) is 13.9. The van der Waals surface area contributed by atoms with Crippen molar-refractivity contribution >= 4 is 16.9 Å². The molecular formula is C22H18F2N2O3. The Labute approximate surface area is 164 Å². The van der Waals surface area contributed by atoms with Gasteiger partial charge in [-0.15, -0.1) is 0 Å². The van der Waals surface area contributed by atoms with Crippen molar-refractivity contribution in [3.63, 3.8) is 0 Å². The molecule has 7 heteroatoms. The molecule has 2 aliphatic rings. The monoisotopic (exact) mass is 396 g/mol. The standard InChI is InChI=1S/C22H18F2N2O3/c1-10-19(11-2-3-12-7-25-8-13(12)4-11)17(24)5-14-20(10)26(18-6-16(18)23)9-15(21(14)27)22(28)29/h2-5,9,16,18,25H,6-8H2,1H3,(H,28,29). The van der Waals surface area contributed by atoms with E-state index >= 15 is 4.39 Å². The maximum atomic E-state index is 15.2. The minimum Gasteiger partial charge on any atom is -0.477 e. The lowest BCUT2D eigenvalue weighted by Gasteiger charge is -2.18. The van der Waals surface area contributed by atoms with Gasteiger partial charge in [0.2, 0.25) is 5.43 Å². The zero-order valence-corrected chi connectivity index (χ0v) is 15.6. The highest BCUT2D eigenvalue weighted by Gasteiger charge is 2.40. The fourth-order valence-corrected chi connectivity index (χ4v) is 4.34. The second-order valence-corrected chi connectivity index (χ2v) is 7.74. The molecule has 29 heavy (non-hydrogen) atoms. The number of aromatic carboxylic acids is 1. The van der Waals surface area contributed by atoms with Crippen LogP contribution in [-0.4, -0.2) is 21.8 Å². The van der Waals surface area contributed by atoms with Crippen molar-refractivity contribution in [2.45, 2.75) is 38.6 Å². The highest BCUT2D eigenvalue weighted by Crippen LogP contribution is 2.42. The second kappa shape index (κ2) is 6.22. The van der Waals surface area contributed by atoms with Crippen molar-refractivity contribution in [2.24, 2.45) is 0 Å². The van der Waals surface area contributed by atoms with E-state index in [4.69, 9.17) is 0 Å². The molecule has 2 heterocycles. The number of hydrogen-bond donors (Lipinski definition) is 2. The number of benzene rings is 2. The van der Waals surface area contributed by atoms with Gasteiger partial charge in [-0.2, -0.15) is 0 Å². The quantitative estimate of drug-likeness (QED) is 0.708. The Morgan fingerprint density at radius 1 is 1.24 bits per heavy atom. The highest BCUT2D eigenvalue weighted by atomic mass is 19.1. The fourth-order valence-electron chi connectivity index (χ4n) is 4.34. The van der Waals surface area contributed by atoms with Gasteiger partial charge in [0.15, 0.2) is 0 Å². The van der Waals surface area contributed by atoms with Gasteiger partial charge in [0.25, 0.3) is 0 Å². The van der Waals surface area contributed by atoms with Crippen molar-refractivity contribution in [3.8, 4) is 11.1 Å². The summed E-state index contributed by atoms with van der Waals surface area (Å²) in [7, 11) is 0. The van der Waals surface area contributed by atoms with Crippen LogP contribution in [0.4, 0.5) is 8.78 Å². The first kappa shape index (κ1) is 18.0.